The maximum absolute atomic E-state index is 12.4. The SMILES string of the molecule is CC1CCN(C(=O)COc2ccccc2)c2ccccc21. The molecule has 3 heteroatoms. The molecule has 1 amide bonds. The summed E-state index contributed by atoms with van der Waals surface area (Å²) in [6.45, 7) is 3.04. The molecule has 1 aliphatic heterocycles. The van der Waals surface area contributed by atoms with Crippen molar-refractivity contribution in [1.82, 2.24) is 0 Å². The Bertz CT molecular complexity index is 624. The highest BCUT2D eigenvalue weighted by atomic mass is 16.5. The highest BCUT2D eigenvalue weighted by molar-refractivity contribution is 5.95. The predicted molar refractivity (Wildman–Crippen MR) is 83.8 cm³/mol. The third-order valence-corrected chi connectivity index (χ3v) is 3.95. The molecule has 2 aromatic carbocycles. The molecule has 3 nitrogen and oxygen atoms in total. The number of rotatable bonds is 3. The van der Waals surface area contributed by atoms with Gasteiger partial charge in [-0.05, 0) is 36.1 Å². The topological polar surface area (TPSA) is 29.5 Å². The molecule has 0 aromatic heterocycles. The number of carbonyl (C=O) groups is 1. The predicted octanol–water partition coefficient (Wildman–Crippen LogP) is 3.61. The van der Waals surface area contributed by atoms with Crippen LogP contribution in [0, 0.1) is 0 Å². The van der Waals surface area contributed by atoms with Gasteiger partial charge in [0.25, 0.3) is 5.91 Å². The maximum atomic E-state index is 12.4. The Morgan fingerprint density at radius 3 is 2.67 bits per heavy atom. The molecule has 0 bridgehead atoms. The molecule has 0 fully saturated rings. The molecular weight excluding hydrogens is 262 g/mol. The van der Waals surface area contributed by atoms with Crippen molar-refractivity contribution < 1.29 is 9.53 Å². The third-order valence-electron chi connectivity index (χ3n) is 3.95. The van der Waals surface area contributed by atoms with Crippen molar-refractivity contribution in [2.75, 3.05) is 18.1 Å². The van der Waals surface area contributed by atoms with Crippen LogP contribution in [0.4, 0.5) is 5.69 Å². The number of hydrogen-bond donors (Lipinski definition) is 0. The summed E-state index contributed by atoms with van der Waals surface area (Å²) < 4.78 is 5.57. The van der Waals surface area contributed by atoms with Crippen LogP contribution in [0.25, 0.3) is 0 Å². The lowest BCUT2D eigenvalue weighted by Gasteiger charge is -2.32. The van der Waals surface area contributed by atoms with Crippen LogP contribution in [0.1, 0.15) is 24.8 Å². The smallest absolute Gasteiger partial charge is 0.264 e. The Morgan fingerprint density at radius 1 is 1.14 bits per heavy atom. The van der Waals surface area contributed by atoms with E-state index in [4.69, 9.17) is 4.74 Å². The van der Waals surface area contributed by atoms with E-state index in [0.29, 0.717) is 5.92 Å². The molecule has 0 radical (unpaired) electrons. The number of anilines is 1. The second-order valence-electron chi connectivity index (χ2n) is 5.40. The zero-order chi connectivity index (χ0) is 14.7. The Hall–Kier alpha value is -2.29. The second-order valence-corrected chi connectivity index (χ2v) is 5.40. The lowest BCUT2D eigenvalue weighted by atomic mass is 9.91. The number of para-hydroxylation sites is 2. The van der Waals surface area contributed by atoms with Crippen molar-refractivity contribution in [3.05, 3.63) is 60.2 Å². The van der Waals surface area contributed by atoms with Gasteiger partial charge < -0.3 is 9.64 Å². The van der Waals surface area contributed by atoms with Gasteiger partial charge in [-0.1, -0.05) is 43.3 Å². The van der Waals surface area contributed by atoms with Crippen molar-refractivity contribution in [3.63, 3.8) is 0 Å². The summed E-state index contributed by atoms with van der Waals surface area (Å²) in [5, 5.41) is 0. The maximum Gasteiger partial charge on any atom is 0.264 e. The highest BCUT2D eigenvalue weighted by Crippen LogP contribution is 2.34. The number of benzene rings is 2. The number of hydrogen-bond acceptors (Lipinski definition) is 2. The van der Waals surface area contributed by atoms with Crippen LogP contribution in [0.2, 0.25) is 0 Å². The first-order chi connectivity index (χ1) is 10.3. The summed E-state index contributed by atoms with van der Waals surface area (Å²) in [6.07, 6.45) is 0.994. The fourth-order valence-corrected chi connectivity index (χ4v) is 2.75. The molecule has 0 N–H and O–H groups in total. The molecule has 0 saturated heterocycles. The average molecular weight is 281 g/mol. The fraction of sp³-hybridized carbons (Fsp3) is 0.278. The molecule has 1 unspecified atom stereocenters. The van der Waals surface area contributed by atoms with E-state index in [1.165, 1.54) is 5.56 Å². The number of carbonyl (C=O) groups excluding carboxylic acids is 1. The van der Waals surface area contributed by atoms with Gasteiger partial charge in [-0.25, -0.2) is 0 Å². The van der Waals surface area contributed by atoms with Crippen molar-refractivity contribution in [1.29, 1.82) is 0 Å². The van der Waals surface area contributed by atoms with E-state index in [-0.39, 0.29) is 12.5 Å². The van der Waals surface area contributed by atoms with E-state index in [1.807, 2.05) is 53.4 Å². The molecule has 3 rings (SSSR count). The van der Waals surface area contributed by atoms with Gasteiger partial charge in [0.15, 0.2) is 6.61 Å². The first-order valence-electron chi connectivity index (χ1n) is 7.33. The molecule has 1 heterocycles. The Labute approximate surface area is 125 Å². The van der Waals surface area contributed by atoms with Crippen molar-refractivity contribution in [2.45, 2.75) is 19.3 Å². The molecule has 1 aliphatic rings. The van der Waals surface area contributed by atoms with E-state index in [1.54, 1.807) is 0 Å². The third kappa shape index (κ3) is 2.92. The number of amides is 1. The fourth-order valence-electron chi connectivity index (χ4n) is 2.75. The zero-order valence-electron chi connectivity index (χ0n) is 12.2. The molecule has 1 atom stereocenters. The van der Waals surface area contributed by atoms with Gasteiger partial charge in [0, 0.05) is 12.2 Å². The van der Waals surface area contributed by atoms with Crippen LogP contribution in [0.3, 0.4) is 0 Å². The lowest BCUT2D eigenvalue weighted by Crippen LogP contribution is -2.39. The van der Waals surface area contributed by atoms with Gasteiger partial charge in [0.2, 0.25) is 0 Å². The minimum atomic E-state index is 0.0122. The summed E-state index contributed by atoms with van der Waals surface area (Å²) in [5.74, 6) is 1.24. The first-order valence-corrected chi connectivity index (χ1v) is 7.33. The average Bonchev–Trinajstić information content (AvgIpc) is 2.54. The largest absolute Gasteiger partial charge is 0.484 e. The van der Waals surface area contributed by atoms with Gasteiger partial charge in [-0.3, -0.25) is 4.79 Å². The minimum absolute atomic E-state index is 0.0122. The number of fused-ring (bicyclic) bond motifs is 1. The van der Waals surface area contributed by atoms with Gasteiger partial charge in [0.05, 0.1) is 0 Å². The Morgan fingerprint density at radius 2 is 1.86 bits per heavy atom. The van der Waals surface area contributed by atoms with Gasteiger partial charge in [-0.15, -0.1) is 0 Å². The number of nitrogens with zero attached hydrogens (tertiary/aromatic N) is 1. The van der Waals surface area contributed by atoms with Crippen LogP contribution in [0.5, 0.6) is 5.75 Å². The summed E-state index contributed by atoms with van der Waals surface area (Å²) in [4.78, 5) is 14.3. The van der Waals surface area contributed by atoms with Gasteiger partial charge in [-0.2, -0.15) is 0 Å². The lowest BCUT2D eigenvalue weighted by molar-refractivity contribution is -0.120. The monoisotopic (exact) mass is 281 g/mol. The molecular formula is C18H19NO2. The van der Waals surface area contributed by atoms with Crippen LogP contribution in [0.15, 0.2) is 54.6 Å². The summed E-state index contributed by atoms with van der Waals surface area (Å²) in [7, 11) is 0. The van der Waals surface area contributed by atoms with E-state index >= 15 is 0 Å². The molecule has 0 aliphatic carbocycles. The Balaban J connectivity index is 1.72. The summed E-state index contributed by atoms with van der Waals surface area (Å²) in [6, 6.07) is 17.6. The molecule has 0 spiro atoms. The molecule has 2 aromatic rings. The highest BCUT2D eigenvalue weighted by Gasteiger charge is 2.26. The minimum Gasteiger partial charge on any atom is -0.484 e. The van der Waals surface area contributed by atoms with E-state index < -0.39 is 0 Å². The Kier molecular flexibility index (Phi) is 3.91. The summed E-state index contributed by atoms with van der Waals surface area (Å²) >= 11 is 0. The molecule has 21 heavy (non-hydrogen) atoms. The second kappa shape index (κ2) is 6.00. The van der Waals surface area contributed by atoms with Crippen molar-refractivity contribution in [2.24, 2.45) is 0 Å². The van der Waals surface area contributed by atoms with E-state index in [0.717, 1.165) is 24.4 Å². The quantitative estimate of drug-likeness (QED) is 0.860. The van der Waals surface area contributed by atoms with Gasteiger partial charge in [0.1, 0.15) is 5.75 Å². The van der Waals surface area contributed by atoms with Gasteiger partial charge >= 0.3 is 0 Å². The van der Waals surface area contributed by atoms with Crippen LogP contribution >= 0.6 is 0 Å². The van der Waals surface area contributed by atoms with E-state index in [9.17, 15) is 4.79 Å². The van der Waals surface area contributed by atoms with Crippen LogP contribution in [-0.2, 0) is 4.79 Å². The number of ether oxygens (including phenoxy) is 1. The van der Waals surface area contributed by atoms with Crippen molar-refractivity contribution >= 4 is 11.6 Å². The standard InChI is InChI=1S/C18H19NO2/c1-14-11-12-19(17-10-6-5-9-16(14)17)18(20)13-21-15-7-3-2-4-8-15/h2-10,14H,11-13H2,1H3. The van der Waals surface area contributed by atoms with Crippen molar-refractivity contribution in [3.8, 4) is 5.75 Å². The normalized spacial score (nSPS) is 17.2. The van der Waals surface area contributed by atoms with Crippen LogP contribution < -0.4 is 9.64 Å². The van der Waals surface area contributed by atoms with Crippen LogP contribution in [-0.4, -0.2) is 19.1 Å². The first kappa shape index (κ1) is 13.7. The zero-order valence-corrected chi connectivity index (χ0v) is 12.2. The van der Waals surface area contributed by atoms with E-state index in [2.05, 4.69) is 13.0 Å². The molecule has 108 valence electrons. The molecule has 0 saturated carbocycles. The summed E-state index contributed by atoms with van der Waals surface area (Å²) in [5.41, 5.74) is 2.27.